The van der Waals surface area contributed by atoms with Crippen molar-refractivity contribution in [3.8, 4) is 0 Å². The smallest absolute Gasteiger partial charge is 0.228 e. The SMILES string of the molecule is CCC(NC(=O)C1(C)CCCC1N)c1cccs1. The zero-order chi connectivity index (χ0) is 13.2. The van der Waals surface area contributed by atoms with E-state index in [0.29, 0.717) is 0 Å². The number of hydrogen-bond donors (Lipinski definition) is 2. The predicted octanol–water partition coefficient (Wildman–Crippen LogP) is 2.83. The van der Waals surface area contributed by atoms with Crippen LogP contribution in [0.15, 0.2) is 17.5 Å². The van der Waals surface area contributed by atoms with Crippen molar-refractivity contribution in [2.24, 2.45) is 11.1 Å². The highest BCUT2D eigenvalue weighted by molar-refractivity contribution is 7.10. The molecule has 0 spiro atoms. The number of hydrogen-bond acceptors (Lipinski definition) is 3. The van der Waals surface area contributed by atoms with Gasteiger partial charge in [0.1, 0.15) is 0 Å². The summed E-state index contributed by atoms with van der Waals surface area (Å²) in [6, 6.07) is 4.23. The lowest BCUT2D eigenvalue weighted by Gasteiger charge is -2.29. The van der Waals surface area contributed by atoms with Crippen LogP contribution in [-0.4, -0.2) is 11.9 Å². The lowest BCUT2D eigenvalue weighted by atomic mass is 9.84. The molecule has 0 saturated heterocycles. The lowest BCUT2D eigenvalue weighted by Crippen LogP contribution is -2.48. The Balaban J connectivity index is 2.06. The van der Waals surface area contributed by atoms with E-state index in [1.165, 1.54) is 4.88 Å². The van der Waals surface area contributed by atoms with Gasteiger partial charge in [-0.2, -0.15) is 0 Å². The van der Waals surface area contributed by atoms with Gasteiger partial charge in [-0.15, -0.1) is 11.3 Å². The Bertz CT molecular complexity index is 404. The molecule has 0 aliphatic heterocycles. The van der Waals surface area contributed by atoms with Crippen LogP contribution >= 0.6 is 11.3 Å². The van der Waals surface area contributed by atoms with Crippen LogP contribution in [0.3, 0.4) is 0 Å². The quantitative estimate of drug-likeness (QED) is 0.880. The molecular weight excluding hydrogens is 244 g/mol. The number of rotatable bonds is 4. The molecule has 1 saturated carbocycles. The fourth-order valence-corrected chi connectivity index (χ4v) is 3.52. The van der Waals surface area contributed by atoms with E-state index in [-0.39, 0.29) is 23.4 Å². The molecule has 3 N–H and O–H groups in total. The van der Waals surface area contributed by atoms with E-state index in [9.17, 15) is 4.79 Å². The molecule has 2 rings (SSSR count). The Labute approximate surface area is 113 Å². The average molecular weight is 266 g/mol. The Morgan fingerprint density at radius 1 is 1.72 bits per heavy atom. The van der Waals surface area contributed by atoms with Crippen molar-refractivity contribution >= 4 is 17.2 Å². The number of amides is 1. The maximum Gasteiger partial charge on any atom is 0.228 e. The molecule has 3 unspecified atom stereocenters. The zero-order valence-electron chi connectivity index (χ0n) is 11.1. The number of carbonyl (C=O) groups excluding carboxylic acids is 1. The monoisotopic (exact) mass is 266 g/mol. The maximum absolute atomic E-state index is 12.5. The Hall–Kier alpha value is -0.870. The molecule has 3 nitrogen and oxygen atoms in total. The molecular formula is C14H22N2OS. The Kier molecular flexibility index (Phi) is 4.07. The molecule has 1 heterocycles. The van der Waals surface area contributed by atoms with Crippen LogP contribution in [0.5, 0.6) is 0 Å². The summed E-state index contributed by atoms with van der Waals surface area (Å²) in [5, 5.41) is 5.22. The molecule has 1 aromatic rings. The number of nitrogens with two attached hydrogens (primary N) is 1. The summed E-state index contributed by atoms with van der Waals surface area (Å²) in [6.07, 6.45) is 3.83. The molecule has 100 valence electrons. The van der Waals surface area contributed by atoms with Crippen LogP contribution in [0.1, 0.15) is 50.4 Å². The van der Waals surface area contributed by atoms with Crippen LogP contribution in [0.2, 0.25) is 0 Å². The minimum absolute atomic E-state index is 0.00154. The first-order chi connectivity index (χ1) is 8.58. The summed E-state index contributed by atoms with van der Waals surface area (Å²) in [5.41, 5.74) is 5.71. The lowest BCUT2D eigenvalue weighted by molar-refractivity contribution is -0.131. The molecule has 1 aliphatic carbocycles. The molecule has 0 bridgehead atoms. The molecule has 18 heavy (non-hydrogen) atoms. The summed E-state index contributed by atoms with van der Waals surface area (Å²) < 4.78 is 0. The van der Waals surface area contributed by atoms with Crippen molar-refractivity contribution in [3.05, 3.63) is 22.4 Å². The first-order valence-electron chi connectivity index (χ1n) is 6.68. The highest BCUT2D eigenvalue weighted by Gasteiger charge is 2.43. The fraction of sp³-hybridized carbons (Fsp3) is 0.643. The van der Waals surface area contributed by atoms with Crippen molar-refractivity contribution < 1.29 is 4.79 Å². The van der Waals surface area contributed by atoms with Gasteiger partial charge in [-0.3, -0.25) is 4.79 Å². The molecule has 0 radical (unpaired) electrons. The summed E-state index contributed by atoms with van der Waals surface area (Å²) in [5.74, 6) is 0.118. The molecule has 1 aliphatic rings. The average Bonchev–Trinajstić information content (AvgIpc) is 2.98. The van der Waals surface area contributed by atoms with E-state index in [4.69, 9.17) is 5.73 Å². The first kappa shape index (κ1) is 13.6. The maximum atomic E-state index is 12.5. The van der Waals surface area contributed by atoms with Gasteiger partial charge in [-0.25, -0.2) is 0 Å². The third kappa shape index (κ3) is 2.45. The van der Waals surface area contributed by atoms with Gasteiger partial charge in [0, 0.05) is 10.9 Å². The molecule has 1 aromatic heterocycles. The molecule has 0 aromatic carbocycles. The van der Waals surface area contributed by atoms with Gasteiger partial charge in [0.2, 0.25) is 5.91 Å². The molecule has 4 heteroatoms. The second-order valence-electron chi connectivity index (χ2n) is 5.37. The minimum atomic E-state index is -0.384. The van der Waals surface area contributed by atoms with Gasteiger partial charge < -0.3 is 11.1 Å². The highest BCUT2D eigenvalue weighted by Crippen LogP contribution is 2.37. The van der Waals surface area contributed by atoms with Crippen molar-refractivity contribution in [2.45, 2.75) is 51.6 Å². The summed E-state index contributed by atoms with van der Waals surface area (Å²) in [6.45, 7) is 4.10. The highest BCUT2D eigenvalue weighted by atomic mass is 32.1. The van der Waals surface area contributed by atoms with Crippen LogP contribution in [0, 0.1) is 5.41 Å². The van der Waals surface area contributed by atoms with Crippen molar-refractivity contribution in [2.75, 3.05) is 0 Å². The van der Waals surface area contributed by atoms with Crippen LogP contribution in [0.4, 0.5) is 0 Å². The standard InChI is InChI=1S/C14H22N2OS/c1-3-10(11-6-5-9-18-11)16-13(17)14(2)8-4-7-12(14)15/h5-6,9-10,12H,3-4,7-8,15H2,1-2H3,(H,16,17). The van der Waals surface area contributed by atoms with Gasteiger partial charge >= 0.3 is 0 Å². The van der Waals surface area contributed by atoms with Crippen LogP contribution < -0.4 is 11.1 Å². The van der Waals surface area contributed by atoms with Gasteiger partial charge in [0.15, 0.2) is 0 Å². The van der Waals surface area contributed by atoms with Crippen molar-refractivity contribution in [1.82, 2.24) is 5.32 Å². The second kappa shape index (κ2) is 5.41. The van der Waals surface area contributed by atoms with Crippen LogP contribution in [-0.2, 0) is 4.79 Å². The third-order valence-electron chi connectivity index (χ3n) is 4.15. The molecule has 1 amide bonds. The second-order valence-corrected chi connectivity index (χ2v) is 6.35. The number of thiophene rings is 1. The Morgan fingerprint density at radius 3 is 3.00 bits per heavy atom. The largest absolute Gasteiger partial charge is 0.348 e. The topological polar surface area (TPSA) is 55.1 Å². The Morgan fingerprint density at radius 2 is 2.50 bits per heavy atom. The molecule has 1 fully saturated rings. The van der Waals surface area contributed by atoms with E-state index in [1.54, 1.807) is 11.3 Å². The third-order valence-corrected chi connectivity index (χ3v) is 5.13. The molecule has 3 atom stereocenters. The van der Waals surface area contributed by atoms with Gasteiger partial charge in [0.05, 0.1) is 11.5 Å². The van der Waals surface area contributed by atoms with Gasteiger partial charge in [-0.05, 0) is 37.6 Å². The van der Waals surface area contributed by atoms with E-state index in [2.05, 4.69) is 18.3 Å². The van der Waals surface area contributed by atoms with E-state index < -0.39 is 0 Å². The minimum Gasteiger partial charge on any atom is -0.348 e. The first-order valence-corrected chi connectivity index (χ1v) is 7.56. The van der Waals surface area contributed by atoms with Gasteiger partial charge in [-0.1, -0.05) is 19.4 Å². The number of carbonyl (C=O) groups is 1. The van der Waals surface area contributed by atoms with Gasteiger partial charge in [0.25, 0.3) is 0 Å². The zero-order valence-corrected chi connectivity index (χ0v) is 11.9. The van der Waals surface area contributed by atoms with E-state index in [1.807, 2.05) is 18.4 Å². The summed E-state index contributed by atoms with van der Waals surface area (Å²) in [7, 11) is 0. The normalized spacial score (nSPS) is 29.2. The van der Waals surface area contributed by atoms with Crippen LogP contribution in [0.25, 0.3) is 0 Å². The fourth-order valence-electron chi connectivity index (χ4n) is 2.66. The summed E-state index contributed by atoms with van der Waals surface area (Å²) in [4.78, 5) is 13.7. The van der Waals surface area contributed by atoms with Crippen molar-refractivity contribution in [3.63, 3.8) is 0 Å². The van der Waals surface area contributed by atoms with E-state index >= 15 is 0 Å². The number of nitrogens with one attached hydrogen (secondary N) is 1. The summed E-state index contributed by atoms with van der Waals surface area (Å²) >= 11 is 1.69. The van der Waals surface area contributed by atoms with Crippen molar-refractivity contribution in [1.29, 1.82) is 0 Å². The predicted molar refractivity (Wildman–Crippen MR) is 75.4 cm³/mol. The van der Waals surface area contributed by atoms with E-state index in [0.717, 1.165) is 25.7 Å².